The van der Waals surface area contributed by atoms with Gasteiger partial charge in [0.05, 0.1) is 19.3 Å². The standard InChI is InChI=1S/C19H18N2O2S/c1-13-8-10-15(11-9-13)17(14-6-4-3-5-7-14)21-16(18(22)23-2)12-20-19(21)24/h3-12,17H,1-2H3,(H,20,24). The first-order valence-corrected chi connectivity index (χ1v) is 8.02. The lowest BCUT2D eigenvalue weighted by molar-refractivity contribution is 0.0586. The third-order valence-corrected chi connectivity index (χ3v) is 4.27. The van der Waals surface area contributed by atoms with Crippen LogP contribution in [0, 0.1) is 6.92 Å². The summed E-state index contributed by atoms with van der Waals surface area (Å²) in [6.45, 7) is 2.04. The molecule has 1 heterocycles. The molecule has 24 heavy (non-hydrogen) atoms. The Morgan fingerprint density at radius 1 is 1.08 bits per heavy atom. The van der Waals surface area contributed by atoms with Crippen LogP contribution >= 0.6 is 12.6 Å². The summed E-state index contributed by atoms with van der Waals surface area (Å²) in [6, 6.07) is 18.0. The van der Waals surface area contributed by atoms with Crippen molar-refractivity contribution in [2.24, 2.45) is 0 Å². The molecule has 3 rings (SSSR count). The van der Waals surface area contributed by atoms with Crippen LogP contribution in [-0.4, -0.2) is 22.6 Å². The van der Waals surface area contributed by atoms with Crippen molar-refractivity contribution in [2.75, 3.05) is 7.11 Å². The van der Waals surface area contributed by atoms with Gasteiger partial charge in [-0.05, 0) is 18.1 Å². The molecule has 0 aliphatic heterocycles. The van der Waals surface area contributed by atoms with Crippen LogP contribution in [0.5, 0.6) is 0 Å². The molecule has 3 aromatic rings. The zero-order valence-corrected chi connectivity index (χ0v) is 14.4. The highest BCUT2D eigenvalue weighted by Crippen LogP contribution is 2.31. The molecule has 0 radical (unpaired) electrons. The van der Waals surface area contributed by atoms with Crippen LogP contribution in [0.25, 0.3) is 0 Å². The summed E-state index contributed by atoms with van der Waals surface area (Å²) in [5.74, 6) is -0.434. The van der Waals surface area contributed by atoms with Crippen LogP contribution in [0.1, 0.15) is 33.2 Å². The number of nitrogens with zero attached hydrogens (tertiary/aromatic N) is 2. The van der Waals surface area contributed by atoms with Gasteiger partial charge >= 0.3 is 5.97 Å². The Bertz CT molecular complexity index is 842. The Hall–Kier alpha value is -2.53. The van der Waals surface area contributed by atoms with Gasteiger partial charge in [-0.2, -0.15) is 0 Å². The van der Waals surface area contributed by atoms with Crippen molar-refractivity contribution in [3.8, 4) is 0 Å². The minimum absolute atomic E-state index is 0.212. The van der Waals surface area contributed by atoms with E-state index < -0.39 is 5.97 Å². The predicted octanol–water partition coefficient (Wildman–Crippen LogP) is 3.90. The number of carbonyl (C=O) groups is 1. The summed E-state index contributed by atoms with van der Waals surface area (Å²) in [4.78, 5) is 16.4. The van der Waals surface area contributed by atoms with Crippen LogP contribution in [0.3, 0.4) is 0 Å². The molecule has 0 N–H and O–H groups in total. The first kappa shape index (κ1) is 16.3. The molecule has 5 heteroatoms. The van der Waals surface area contributed by atoms with E-state index in [0.29, 0.717) is 10.9 Å². The maximum atomic E-state index is 12.2. The quantitative estimate of drug-likeness (QED) is 0.579. The van der Waals surface area contributed by atoms with Crippen LogP contribution < -0.4 is 0 Å². The van der Waals surface area contributed by atoms with Crippen LogP contribution in [0.4, 0.5) is 0 Å². The molecule has 1 aromatic heterocycles. The SMILES string of the molecule is COC(=O)c1cnc(S)n1C(c1ccccc1)c1ccc(C)cc1. The molecule has 122 valence electrons. The van der Waals surface area contributed by atoms with E-state index in [0.717, 1.165) is 11.1 Å². The van der Waals surface area contributed by atoms with Gasteiger partial charge in [-0.1, -0.05) is 60.2 Å². The van der Waals surface area contributed by atoms with Crippen LogP contribution in [0.2, 0.25) is 0 Å². The second-order valence-electron chi connectivity index (χ2n) is 5.53. The Morgan fingerprint density at radius 2 is 1.71 bits per heavy atom. The number of carbonyl (C=O) groups excluding carboxylic acids is 1. The fourth-order valence-electron chi connectivity index (χ4n) is 2.74. The maximum Gasteiger partial charge on any atom is 0.356 e. The first-order valence-electron chi connectivity index (χ1n) is 7.58. The van der Waals surface area contributed by atoms with E-state index >= 15 is 0 Å². The van der Waals surface area contributed by atoms with E-state index in [9.17, 15) is 4.79 Å². The summed E-state index contributed by atoms with van der Waals surface area (Å²) in [6.07, 6.45) is 1.50. The lowest BCUT2D eigenvalue weighted by Gasteiger charge is -2.23. The number of hydrogen-bond acceptors (Lipinski definition) is 4. The molecule has 0 bridgehead atoms. The lowest BCUT2D eigenvalue weighted by Crippen LogP contribution is -2.19. The first-order chi connectivity index (χ1) is 11.6. The average Bonchev–Trinajstić information content (AvgIpc) is 2.99. The summed E-state index contributed by atoms with van der Waals surface area (Å²) in [7, 11) is 1.36. The molecule has 2 aromatic carbocycles. The van der Waals surface area contributed by atoms with Gasteiger partial charge in [-0.25, -0.2) is 9.78 Å². The van der Waals surface area contributed by atoms with Crippen molar-refractivity contribution < 1.29 is 9.53 Å². The lowest BCUT2D eigenvalue weighted by atomic mass is 9.97. The Labute approximate surface area is 146 Å². The fourth-order valence-corrected chi connectivity index (χ4v) is 3.02. The van der Waals surface area contributed by atoms with Gasteiger partial charge in [0.2, 0.25) is 0 Å². The Kier molecular flexibility index (Phi) is 4.71. The van der Waals surface area contributed by atoms with Crippen molar-refractivity contribution in [1.29, 1.82) is 0 Å². The van der Waals surface area contributed by atoms with Gasteiger partial charge in [0.15, 0.2) is 5.16 Å². The molecule has 0 amide bonds. The summed E-state index contributed by atoms with van der Waals surface area (Å²) >= 11 is 4.46. The second-order valence-corrected chi connectivity index (χ2v) is 5.93. The number of aromatic nitrogens is 2. The zero-order valence-electron chi connectivity index (χ0n) is 13.5. The highest BCUT2D eigenvalue weighted by molar-refractivity contribution is 7.80. The van der Waals surface area contributed by atoms with Crippen molar-refractivity contribution >= 4 is 18.6 Å². The molecular formula is C19H18N2O2S. The fraction of sp³-hybridized carbons (Fsp3) is 0.158. The molecule has 0 saturated carbocycles. The molecule has 0 aliphatic rings. The van der Waals surface area contributed by atoms with Crippen molar-refractivity contribution in [1.82, 2.24) is 9.55 Å². The van der Waals surface area contributed by atoms with Gasteiger partial charge in [-0.3, -0.25) is 0 Å². The molecular weight excluding hydrogens is 320 g/mol. The number of ether oxygens (including phenoxy) is 1. The van der Waals surface area contributed by atoms with Crippen molar-refractivity contribution in [2.45, 2.75) is 18.1 Å². The van der Waals surface area contributed by atoms with Gasteiger partial charge in [0, 0.05) is 0 Å². The molecule has 0 aliphatic carbocycles. The third-order valence-electron chi connectivity index (χ3n) is 3.94. The molecule has 0 spiro atoms. The van der Waals surface area contributed by atoms with Crippen molar-refractivity contribution in [3.05, 3.63) is 83.2 Å². The maximum absolute atomic E-state index is 12.2. The average molecular weight is 338 g/mol. The normalized spacial score (nSPS) is 12.0. The van der Waals surface area contributed by atoms with Crippen molar-refractivity contribution in [3.63, 3.8) is 0 Å². The Morgan fingerprint density at radius 3 is 2.33 bits per heavy atom. The number of esters is 1. The molecule has 0 fully saturated rings. The number of methoxy groups -OCH3 is 1. The molecule has 4 nitrogen and oxygen atoms in total. The second kappa shape index (κ2) is 6.93. The number of rotatable bonds is 4. The third kappa shape index (κ3) is 3.08. The minimum atomic E-state index is -0.434. The monoisotopic (exact) mass is 338 g/mol. The molecule has 0 saturated heterocycles. The number of hydrogen-bond donors (Lipinski definition) is 1. The topological polar surface area (TPSA) is 44.1 Å². The van der Waals surface area contributed by atoms with E-state index in [1.807, 2.05) is 37.3 Å². The molecule has 1 unspecified atom stereocenters. The van der Waals surface area contributed by atoms with E-state index in [1.165, 1.54) is 18.9 Å². The van der Waals surface area contributed by atoms with Gasteiger partial charge < -0.3 is 9.30 Å². The van der Waals surface area contributed by atoms with E-state index in [4.69, 9.17) is 4.74 Å². The van der Waals surface area contributed by atoms with E-state index in [2.05, 4.69) is 41.9 Å². The summed E-state index contributed by atoms with van der Waals surface area (Å²) < 4.78 is 6.70. The summed E-state index contributed by atoms with van der Waals surface area (Å²) in [5.41, 5.74) is 3.64. The Balaban J connectivity index is 2.21. The van der Waals surface area contributed by atoms with E-state index in [-0.39, 0.29) is 6.04 Å². The zero-order chi connectivity index (χ0) is 17.1. The number of benzene rings is 2. The number of aryl methyl sites for hydroxylation is 1. The van der Waals surface area contributed by atoms with Crippen LogP contribution in [-0.2, 0) is 4.74 Å². The molecule has 1 atom stereocenters. The summed E-state index contributed by atoms with van der Waals surface area (Å²) in [5, 5.41) is 0.463. The minimum Gasteiger partial charge on any atom is -0.464 e. The smallest absolute Gasteiger partial charge is 0.356 e. The highest BCUT2D eigenvalue weighted by Gasteiger charge is 2.25. The number of thiol groups is 1. The predicted molar refractivity (Wildman–Crippen MR) is 95.7 cm³/mol. The van der Waals surface area contributed by atoms with Gasteiger partial charge in [0.1, 0.15) is 5.69 Å². The van der Waals surface area contributed by atoms with Crippen LogP contribution in [0.15, 0.2) is 66.0 Å². The van der Waals surface area contributed by atoms with Gasteiger partial charge in [-0.15, -0.1) is 12.6 Å². The largest absolute Gasteiger partial charge is 0.464 e. The number of imidazole rings is 1. The highest BCUT2D eigenvalue weighted by atomic mass is 32.1. The van der Waals surface area contributed by atoms with Gasteiger partial charge in [0.25, 0.3) is 0 Å². The van der Waals surface area contributed by atoms with E-state index in [1.54, 1.807) is 4.57 Å².